The average Bonchev–Trinajstić information content (AvgIpc) is 2.26. The van der Waals surface area contributed by atoms with Gasteiger partial charge >= 0.3 is 0 Å². The maximum absolute atomic E-state index is 11.3. The predicted octanol–water partition coefficient (Wildman–Crippen LogP) is 3.12. The highest BCUT2D eigenvalue weighted by atomic mass is 16.3. The molecule has 0 aliphatic carbocycles. The third kappa shape index (κ3) is 2.81. The number of carbonyl (C=O) groups excluding carboxylic acids is 1. The van der Waals surface area contributed by atoms with Crippen molar-refractivity contribution in [1.29, 1.82) is 0 Å². The summed E-state index contributed by atoms with van der Waals surface area (Å²) in [6.45, 7) is 3.25. The molecule has 0 spiro atoms. The van der Waals surface area contributed by atoms with E-state index in [9.17, 15) is 9.90 Å². The van der Waals surface area contributed by atoms with Crippen LogP contribution in [0.25, 0.3) is 5.76 Å². The lowest BCUT2D eigenvalue weighted by molar-refractivity contribution is -0.113. The van der Waals surface area contributed by atoms with Crippen LogP contribution in [-0.4, -0.2) is 10.9 Å². The molecule has 15 heavy (non-hydrogen) atoms. The average molecular weight is 202 g/mol. The molecular formula is C13H14O2. The molecule has 2 heteroatoms. The van der Waals surface area contributed by atoms with Crippen LogP contribution in [-0.2, 0) is 4.79 Å². The minimum Gasteiger partial charge on any atom is -0.507 e. The Bertz CT molecular complexity index is 400. The molecule has 0 aliphatic heterocycles. The molecule has 0 bridgehead atoms. The van der Waals surface area contributed by atoms with Gasteiger partial charge in [-0.3, -0.25) is 4.79 Å². The van der Waals surface area contributed by atoms with Crippen molar-refractivity contribution in [2.75, 3.05) is 0 Å². The highest BCUT2D eigenvalue weighted by Gasteiger charge is 2.08. The largest absolute Gasteiger partial charge is 0.507 e. The van der Waals surface area contributed by atoms with Gasteiger partial charge in [0.25, 0.3) is 0 Å². The van der Waals surface area contributed by atoms with Crippen LogP contribution in [0, 0.1) is 0 Å². The molecule has 0 atom stereocenters. The number of hydrogen-bond acceptors (Lipinski definition) is 2. The molecule has 1 aromatic carbocycles. The third-order valence-electron chi connectivity index (χ3n) is 2.01. The van der Waals surface area contributed by atoms with Crippen molar-refractivity contribution >= 4 is 11.5 Å². The first-order chi connectivity index (χ1) is 7.16. The van der Waals surface area contributed by atoms with E-state index in [0.717, 1.165) is 0 Å². The minimum atomic E-state index is -0.144. The van der Waals surface area contributed by atoms with Gasteiger partial charge in [0.2, 0.25) is 0 Å². The van der Waals surface area contributed by atoms with E-state index in [1.165, 1.54) is 6.92 Å². The van der Waals surface area contributed by atoms with Crippen LogP contribution in [0.3, 0.4) is 0 Å². The highest BCUT2D eigenvalue weighted by molar-refractivity contribution is 6.02. The first-order valence-electron chi connectivity index (χ1n) is 4.79. The van der Waals surface area contributed by atoms with Crippen LogP contribution in [0.5, 0.6) is 0 Å². The molecule has 0 saturated heterocycles. The van der Waals surface area contributed by atoms with Crippen molar-refractivity contribution in [2.45, 2.75) is 13.8 Å². The van der Waals surface area contributed by atoms with Crippen molar-refractivity contribution in [3.05, 3.63) is 53.6 Å². The molecule has 0 saturated carbocycles. The summed E-state index contributed by atoms with van der Waals surface area (Å²) in [5, 5.41) is 9.89. The first kappa shape index (κ1) is 11.2. The number of ketones is 1. The lowest BCUT2D eigenvalue weighted by Gasteiger charge is -2.03. The second-order valence-corrected chi connectivity index (χ2v) is 3.18. The van der Waals surface area contributed by atoms with Gasteiger partial charge in [0, 0.05) is 5.56 Å². The fraction of sp³-hybridized carbons (Fsp3) is 0.154. The van der Waals surface area contributed by atoms with E-state index in [4.69, 9.17) is 0 Å². The predicted molar refractivity (Wildman–Crippen MR) is 61.5 cm³/mol. The van der Waals surface area contributed by atoms with Crippen LogP contribution >= 0.6 is 0 Å². The van der Waals surface area contributed by atoms with E-state index in [-0.39, 0.29) is 11.5 Å². The minimum absolute atomic E-state index is 0.0289. The fourth-order valence-electron chi connectivity index (χ4n) is 1.28. The number of Topliss-reactive ketones (excluding diaryl/α,β-unsaturated/α-hetero) is 1. The molecule has 0 aromatic heterocycles. The van der Waals surface area contributed by atoms with E-state index in [2.05, 4.69) is 0 Å². The van der Waals surface area contributed by atoms with Crippen LogP contribution < -0.4 is 0 Å². The monoisotopic (exact) mass is 202 g/mol. The summed E-state index contributed by atoms with van der Waals surface area (Å²) in [6, 6.07) is 9.03. The molecule has 1 aromatic rings. The standard InChI is InChI=1S/C13H14O2/c1-3-7-12(10(2)14)13(15)11-8-5-4-6-9-11/h3-9,15H,1-2H3/b7-3-,13-12?. The summed E-state index contributed by atoms with van der Waals surface area (Å²) in [7, 11) is 0. The Labute approximate surface area is 89.6 Å². The Morgan fingerprint density at radius 3 is 2.33 bits per heavy atom. The van der Waals surface area contributed by atoms with Crippen molar-refractivity contribution in [2.24, 2.45) is 0 Å². The first-order valence-corrected chi connectivity index (χ1v) is 4.79. The number of aliphatic hydroxyl groups excluding tert-OH is 1. The van der Waals surface area contributed by atoms with Gasteiger partial charge < -0.3 is 5.11 Å². The van der Waals surface area contributed by atoms with E-state index < -0.39 is 0 Å². The summed E-state index contributed by atoms with van der Waals surface area (Å²) in [5.41, 5.74) is 0.990. The summed E-state index contributed by atoms with van der Waals surface area (Å²) in [4.78, 5) is 11.3. The quantitative estimate of drug-likeness (QED) is 0.464. The van der Waals surface area contributed by atoms with Crippen LogP contribution in [0.4, 0.5) is 0 Å². The number of carbonyl (C=O) groups is 1. The summed E-state index contributed by atoms with van der Waals surface area (Å²) in [5.74, 6) is -0.115. The number of rotatable bonds is 3. The maximum Gasteiger partial charge on any atom is 0.163 e. The van der Waals surface area contributed by atoms with Gasteiger partial charge in [-0.15, -0.1) is 0 Å². The molecule has 2 nitrogen and oxygen atoms in total. The topological polar surface area (TPSA) is 37.3 Å². The summed E-state index contributed by atoms with van der Waals surface area (Å²) >= 11 is 0. The molecule has 0 amide bonds. The molecule has 0 unspecified atom stereocenters. The van der Waals surface area contributed by atoms with Crippen LogP contribution in [0.15, 0.2) is 48.1 Å². The van der Waals surface area contributed by atoms with Crippen molar-refractivity contribution in [3.63, 3.8) is 0 Å². The highest BCUT2D eigenvalue weighted by Crippen LogP contribution is 2.17. The Hall–Kier alpha value is -1.83. The molecule has 0 heterocycles. The Balaban J connectivity index is 3.22. The summed E-state index contributed by atoms with van der Waals surface area (Å²) in [6.07, 6.45) is 3.35. The van der Waals surface area contributed by atoms with Crippen molar-refractivity contribution < 1.29 is 9.90 Å². The Kier molecular flexibility index (Phi) is 3.86. The SMILES string of the molecule is C/C=C\C(C(C)=O)=C(O)c1ccccc1. The lowest BCUT2D eigenvalue weighted by atomic mass is 10.1. The van der Waals surface area contributed by atoms with Crippen LogP contribution in [0.1, 0.15) is 19.4 Å². The fourth-order valence-corrected chi connectivity index (χ4v) is 1.28. The molecule has 0 fully saturated rings. The Morgan fingerprint density at radius 2 is 1.87 bits per heavy atom. The maximum atomic E-state index is 11.3. The smallest absolute Gasteiger partial charge is 0.163 e. The Morgan fingerprint density at radius 1 is 1.27 bits per heavy atom. The second-order valence-electron chi connectivity index (χ2n) is 3.18. The molecular weight excluding hydrogens is 188 g/mol. The van der Waals surface area contributed by atoms with Gasteiger partial charge in [0.05, 0.1) is 5.57 Å². The number of aliphatic hydroxyl groups is 1. The number of allylic oxidation sites excluding steroid dienone is 3. The van der Waals surface area contributed by atoms with E-state index in [1.807, 2.05) is 18.2 Å². The van der Waals surface area contributed by atoms with E-state index in [0.29, 0.717) is 11.1 Å². The number of benzene rings is 1. The zero-order valence-corrected chi connectivity index (χ0v) is 8.90. The zero-order valence-electron chi connectivity index (χ0n) is 8.90. The van der Waals surface area contributed by atoms with Gasteiger partial charge in [-0.2, -0.15) is 0 Å². The third-order valence-corrected chi connectivity index (χ3v) is 2.01. The molecule has 1 N–H and O–H groups in total. The zero-order chi connectivity index (χ0) is 11.3. The van der Waals surface area contributed by atoms with Crippen molar-refractivity contribution in [3.8, 4) is 0 Å². The van der Waals surface area contributed by atoms with Gasteiger partial charge in [0.15, 0.2) is 5.78 Å². The van der Waals surface area contributed by atoms with Gasteiger partial charge in [-0.05, 0) is 13.8 Å². The lowest BCUT2D eigenvalue weighted by Crippen LogP contribution is -1.98. The van der Waals surface area contributed by atoms with Crippen molar-refractivity contribution in [1.82, 2.24) is 0 Å². The number of hydrogen-bond donors (Lipinski definition) is 1. The van der Waals surface area contributed by atoms with Gasteiger partial charge in [-0.1, -0.05) is 42.5 Å². The van der Waals surface area contributed by atoms with Gasteiger partial charge in [-0.25, -0.2) is 0 Å². The van der Waals surface area contributed by atoms with E-state index >= 15 is 0 Å². The molecule has 1 rings (SSSR count). The molecule has 0 radical (unpaired) electrons. The van der Waals surface area contributed by atoms with Crippen LogP contribution in [0.2, 0.25) is 0 Å². The second kappa shape index (κ2) is 5.15. The van der Waals surface area contributed by atoms with Gasteiger partial charge in [0.1, 0.15) is 5.76 Å². The molecule has 0 aliphatic rings. The summed E-state index contributed by atoms with van der Waals surface area (Å²) < 4.78 is 0. The molecule has 78 valence electrons. The van der Waals surface area contributed by atoms with E-state index in [1.54, 1.807) is 31.2 Å². The normalized spacial score (nSPS) is 12.7.